The number of aryl methyl sites for hydroxylation is 1. The molecule has 0 saturated heterocycles. The lowest BCUT2D eigenvalue weighted by Gasteiger charge is -2.29. The van der Waals surface area contributed by atoms with Crippen molar-refractivity contribution in [2.24, 2.45) is 4.99 Å². The van der Waals surface area contributed by atoms with Gasteiger partial charge in [0.05, 0.1) is 5.69 Å². The molecule has 0 bridgehead atoms. The molecule has 0 atom stereocenters. The first-order valence-electron chi connectivity index (χ1n) is 9.78. The molecule has 0 aliphatic carbocycles. The Kier molecular flexibility index (Phi) is 7.29. The molecule has 0 fully saturated rings. The minimum absolute atomic E-state index is 0.00196. The highest BCUT2D eigenvalue weighted by Gasteiger charge is 2.24. The number of hydrogen-bond donors (Lipinski definition) is 2. The van der Waals surface area contributed by atoms with Gasteiger partial charge in [0.25, 0.3) is 5.91 Å². The van der Waals surface area contributed by atoms with Crippen molar-refractivity contribution in [3.8, 4) is 5.75 Å². The summed E-state index contributed by atoms with van der Waals surface area (Å²) in [4.78, 5) is 18.2. The van der Waals surface area contributed by atoms with Crippen molar-refractivity contribution < 1.29 is 9.53 Å². The van der Waals surface area contributed by atoms with E-state index >= 15 is 0 Å². The van der Waals surface area contributed by atoms with E-state index in [2.05, 4.69) is 39.9 Å². The Bertz CT molecular complexity index is 792. The van der Waals surface area contributed by atoms with E-state index in [4.69, 9.17) is 4.74 Å². The Hall–Kier alpha value is -3.02. The molecule has 1 aliphatic rings. The molecule has 2 aromatic carbocycles. The van der Waals surface area contributed by atoms with Gasteiger partial charge in [-0.05, 0) is 37.0 Å². The van der Waals surface area contributed by atoms with Crippen molar-refractivity contribution in [3.05, 3.63) is 60.2 Å². The predicted molar refractivity (Wildman–Crippen MR) is 113 cm³/mol. The van der Waals surface area contributed by atoms with Crippen LogP contribution in [0.2, 0.25) is 0 Å². The van der Waals surface area contributed by atoms with Gasteiger partial charge in [-0.25, -0.2) is 0 Å². The zero-order valence-electron chi connectivity index (χ0n) is 16.4. The van der Waals surface area contributed by atoms with Gasteiger partial charge in [-0.3, -0.25) is 9.79 Å². The number of aliphatic imine (C=N–C) groups is 1. The first kappa shape index (κ1) is 19.7. The zero-order chi connectivity index (χ0) is 19.6. The normalized spacial score (nSPS) is 13.7. The van der Waals surface area contributed by atoms with Gasteiger partial charge in [0.2, 0.25) is 0 Å². The number of ether oxygens (including phenoxy) is 1. The van der Waals surface area contributed by atoms with Crippen LogP contribution in [0.5, 0.6) is 5.75 Å². The molecule has 148 valence electrons. The minimum Gasteiger partial charge on any atom is -0.482 e. The molecule has 0 aromatic heterocycles. The monoisotopic (exact) mass is 380 g/mol. The summed E-state index contributed by atoms with van der Waals surface area (Å²) in [6.07, 6.45) is 2.91. The van der Waals surface area contributed by atoms with E-state index in [1.807, 2.05) is 30.3 Å². The second-order valence-corrected chi connectivity index (χ2v) is 6.67. The third-order valence-corrected chi connectivity index (χ3v) is 4.66. The van der Waals surface area contributed by atoms with E-state index < -0.39 is 0 Å². The Labute approximate surface area is 166 Å². The number of carbonyl (C=O) groups excluding carboxylic acids is 1. The molecule has 0 saturated carbocycles. The number of amides is 1. The number of hydrogen-bond acceptors (Lipinski definition) is 3. The first-order valence-corrected chi connectivity index (χ1v) is 9.78. The molecule has 6 heteroatoms. The van der Waals surface area contributed by atoms with Crippen molar-refractivity contribution >= 4 is 17.6 Å². The van der Waals surface area contributed by atoms with Crippen LogP contribution in [0.3, 0.4) is 0 Å². The van der Waals surface area contributed by atoms with Gasteiger partial charge < -0.3 is 20.3 Å². The first-order chi connectivity index (χ1) is 13.8. The fourth-order valence-electron chi connectivity index (χ4n) is 3.21. The number of carbonyl (C=O) groups is 1. The number of rotatable bonds is 8. The molecule has 2 aromatic rings. The number of nitrogens with zero attached hydrogens (tertiary/aromatic N) is 2. The number of benzene rings is 2. The summed E-state index contributed by atoms with van der Waals surface area (Å²) >= 11 is 0. The number of para-hydroxylation sites is 2. The van der Waals surface area contributed by atoms with Crippen molar-refractivity contribution in [1.82, 2.24) is 10.6 Å². The average Bonchev–Trinajstić information content (AvgIpc) is 2.74. The zero-order valence-corrected chi connectivity index (χ0v) is 16.4. The number of anilines is 1. The summed E-state index contributed by atoms with van der Waals surface area (Å²) in [6.45, 7) is 2.36. The van der Waals surface area contributed by atoms with Crippen LogP contribution in [0, 0.1) is 0 Å². The third-order valence-electron chi connectivity index (χ3n) is 4.66. The smallest absolute Gasteiger partial charge is 0.265 e. The largest absolute Gasteiger partial charge is 0.482 e. The lowest BCUT2D eigenvalue weighted by molar-refractivity contribution is -0.121. The van der Waals surface area contributed by atoms with E-state index in [1.165, 1.54) is 5.56 Å². The summed E-state index contributed by atoms with van der Waals surface area (Å²) in [5.74, 6) is 1.56. The molecule has 0 spiro atoms. The summed E-state index contributed by atoms with van der Waals surface area (Å²) in [6, 6.07) is 18.1. The van der Waals surface area contributed by atoms with Crippen LogP contribution in [-0.4, -0.2) is 45.2 Å². The Morgan fingerprint density at radius 1 is 1.04 bits per heavy atom. The SMILES string of the molecule is CN=C(NCCCc1ccccc1)NCCCN1C(=O)COc2ccccc21. The van der Waals surface area contributed by atoms with Crippen LogP contribution in [0.25, 0.3) is 0 Å². The molecule has 6 nitrogen and oxygen atoms in total. The quantitative estimate of drug-likeness (QED) is 0.420. The molecule has 3 rings (SSSR count). The van der Waals surface area contributed by atoms with Gasteiger partial charge in [-0.1, -0.05) is 42.5 Å². The topological polar surface area (TPSA) is 66.0 Å². The minimum atomic E-state index is 0.00196. The van der Waals surface area contributed by atoms with Crippen LogP contribution in [0.4, 0.5) is 5.69 Å². The fourth-order valence-corrected chi connectivity index (χ4v) is 3.21. The molecule has 1 heterocycles. The number of guanidine groups is 1. The van der Waals surface area contributed by atoms with Gasteiger partial charge in [-0.15, -0.1) is 0 Å². The second kappa shape index (κ2) is 10.3. The summed E-state index contributed by atoms with van der Waals surface area (Å²) in [5.41, 5.74) is 2.20. The summed E-state index contributed by atoms with van der Waals surface area (Å²) < 4.78 is 5.48. The molecule has 2 N–H and O–H groups in total. The van der Waals surface area contributed by atoms with Crippen molar-refractivity contribution in [1.29, 1.82) is 0 Å². The maximum absolute atomic E-state index is 12.2. The van der Waals surface area contributed by atoms with Gasteiger partial charge in [0.1, 0.15) is 5.75 Å². The van der Waals surface area contributed by atoms with Crippen molar-refractivity contribution in [2.45, 2.75) is 19.3 Å². The maximum Gasteiger partial charge on any atom is 0.265 e. The van der Waals surface area contributed by atoms with Crippen LogP contribution in [-0.2, 0) is 11.2 Å². The second-order valence-electron chi connectivity index (χ2n) is 6.67. The van der Waals surface area contributed by atoms with Crippen LogP contribution >= 0.6 is 0 Å². The molecule has 28 heavy (non-hydrogen) atoms. The average molecular weight is 380 g/mol. The highest BCUT2D eigenvalue weighted by molar-refractivity contribution is 5.97. The van der Waals surface area contributed by atoms with E-state index in [0.717, 1.165) is 49.7 Å². The van der Waals surface area contributed by atoms with Crippen molar-refractivity contribution in [3.63, 3.8) is 0 Å². The molecule has 0 radical (unpaired) electrons. The Morgan fingerprint density at radius 3 is 2.54 bits per heavy atom. The van der Waals surface area contributed by atoms with E-state index in [-0.39, 0.29) is 12.5 Å². The van der Waals surface area contributed by atoms with Gasteiger partial charge in [-0.2, -0.15) is 0 Å². The summed E-state index contributed by atoms with van der Waals surface area (Å²) in [7, 11) is 1.77. The van der Waals surface area contributed by atoms with Gasteiger partial charge >= 0.3 is 0 Å². The van der Waals surface area contributed by atoms with Crippen LogP contribution < -0.4 is 20.3 Å². The molecule has 0 unspecified atom stereocenters. The fraction of sp³-hybridized carbons (Fsp3) is 0.364. The standard InChI is InChI=1S/C22H28N4O2/c1-23-22(24-14-7-11-18-9-3-2-4-10-18)25-15-8-16-26-19-12-5-6-13-20(19)28-17-21(26)27/h2-6,9-10,12-13H,7-8,11,14-17H2,1H3,(H2,23,24,25). The van der Waals surface area contributed by atoms with Crippen LogP contribution in [0.1, 0.15) is 18.4 Å². The molecule has 1 amide bonds. The van der Waals surface area contributed by atoms with E-state index in [9.17, 15) is 4.79 Å². The van der Waals surface area contributed by atoms with E-state index in [1.54, 1.807) is 11.9 Å². The van der Waals surface area contributed by atoms with E-state index in [0.29, 0.717) is 6.54 Å². The molecular formula is C22H28N4O2. The van der Waals surface area contributed by atoms with Crippen molar-refractivity contribution in [2.75, 3.05) is 38.2 Å². The molecule has 1 aliphatic heterocycles. The lowest BCUT2D eigenvalue weighted by atomic mass is 10.1. The highest BCUT2D eigenvalue weighted by Crippen LogP contribution is 2.31. The van der Waals surface area contributed by atoms with Crippen LogP contribution in [0.15, 0.2) is 59.6 Å². The Balaban J connectivity index is 1.36. The van der Waals surface area contributed by atoms with Gasteiger partial charge in [0, 0.05) is 26.7 Å². The maximum atomic E-state index is 12.2. The lowest BCUT2D eigenvalue weighted by Crippen LogP contribution is -2.42. The molecular weight excluding hydrogens is 352 g/mol. The predicted octanol–water partition coefficient (Wildman–Crippen LogP) is 2.60. The number of nitrogens with one attached hydrogen (secondary N) is 2. The summed E-state index contributed by atoms with van der Waals surface area (Å²) in [5, 5.41) is 6.66. The van der Waals surface area contributed by atoms with Gasteiger partial charge in [0.15, 0.2) is 12.6 Å². The highest BCUT2D eigenvalue weighted by atomic mass is 16.5. The Morgan fingerprint density at radius 2 is 1.75 bits per heavy atom. The number of fused-ring (bicyclic) bond motifs is 1. The third kappa shape index (κ3) is 5.49.